The van der Waals surface area contributed by atoms with Crippen molar-refractivity contribution >= 4 is 11.3 Å². The highest BCUT2D eigenvalue weighted by molar-refractivity contribution is 7.09. The van der Waals surface area contributed by atoms with E-state index in [4.69, 9.17) is 4.74 Å². The number of aromatic nitrogens is 1. The van der Waals surface area contributed by atoms with Crippen LogP contribution in [0.5, 0.6) is 5.75 Å². The first-order valence-corrected chi connectivity index (χ1v) is 8.58. The second-order valence-electron chi connectivity index (χ2n) is 5.32. The van der Waals surface area contributed by atoms with Gasteiger partial charge in [-0.3, -0.25) is 9.69 Å². The van der Waals surface area contributed by atoms with Crippen LogP contribution < -0.4 is 9.61 Å². The summed E-state index contributed by atoms with van der Waals surface area (Å²) in [5.74, 6) is 0.800. The van der Waals surface area contributed by atoms with Crippen LogP contribution in [0.15, 0.2) is 29.1 Å². The molecule has 0 fully saturated rings. The molecule has 2 rings (SSSR count). The van der Waals surface area contributed by atoms with Crippen LogP contribution in [-0.2, 0) is 6.54 Å². The Morgan fingerprint density at radius 2 is 1.95 bits per heavy atom. The van der Waals surface area contributed by atoms with Gasteiger partial charge in [-0.2, -0.15) is 0 Å². The van der Waals surface area contributed by atoms with Crippen molar-refractivity contribution in [3.05, 3.63) is 38.8 Å². The van der Waals surface area contributed by atoms with Crippen LogP contribution in [0.3, 0.4) is 0 Å². The Morgan fingerprint density at radius 3 is 2.59 bits per heavy atom. The molecule has 0 unspecified atom stereocenters. The second-order valence-corrected chi connectivity index (χ2v) is 6.39. The highest BCUT2D eigenvalue weighted by Gasteiger charge is 2.14. The summed E-state index contributed by atoms with van der Waals surface area (Å²) in [6.07, 6.45) is 2.24. The summed E-state index contributed by atoms with van der Waals surface area (Å²) >= 11 is 1.31. The molecule has 0 spiro atoms. The number of ether oxygens (including phenoxy) is 1. The maximum atomic E-state index is 11.8. The largest absolute Gasteiger partial charge is 0.497 e. The zero-order valence-corrected chi connectivity index (χ0v) is 14.3. The Labute approximate surface area is 135 Å². The Balaban J connectivity index is 2.31. The van der Waals surface area contributed by atoms with Gasteiger partial charge < -0.3 is 9.72 Å². The molecule has 1 N–H and O–H groups in total. The van der Waals surface area contributed by atoms with E-state index < -0.39 is 0 Å². The maximum absolute atomic E-state index is 11.8. The molecule has 0 saturated heterocycles. The van der Waals surface area contributed by atoms with Gasteiger partial charge in [-0.05, 0) is 38.1 Å². The second kappa shape index (κ2) is 8.15. The number of aromatic amines is 1. The first-order valence-electron chi connectivity index (χ1n) is 7.76. The Bertz CT molecular complexity index is 642. The average molecular weight is 320 g/mol. The molecule has 0 amide bonds. The fourth-order valence-corrected chi connectivity index (χ4v) is 3.48. The Morgan fingerprint density at radius 1 is 1.23 bits per heavy atom. The predicted octanol–water partition coefficient (Wildman–Crippen LogP) is 3.73. The predicted molar refractivity (Wildman–Crippen MR) is 92.8 cm³/mol. The van der Waals surface area contributed by atoms with E-state index in [1.54, 1.807) is 7.11 Å². The summed E-state index contributed by atoms with van der Waals surface area (Å²) in [5.41, 5.74) is 1.92. The monoisotopic (exact) mass is 320 g/mol. The molecule has 1 aromatic carbocycles. The molecule has 0 atom stereocenters. The van der Waals surface area contributed by atoms with E-state index >= 15 is 0 Å². The summed E-state index contributed by atoms with van der Waals surface area (Å²) in [7, 11) is 1.65. The highest BCUT2D eigenvalue weighted by Crippen LogP contribution is 2.27. The van der Waals surface area contributed by atoms with Crippen LogP contribution in [-0.4, -0.2) is 30.1 Å². The molecule has 1 aromatic heterocycles. The van der Waals surface area contributed by atoms with E-state index in [1.165, 1.54) is 11.3 Å². The Kier molecular flexibility index (Phi) is 6.21. The normalized spacial score (nSPS) is 11.1. The van der Waals surface area contributed by atoms with Gasteiger partial charge in [0.1, 0.15) is 5.75 Å². The molecule has 22 heavy (non-hydrogen) atoms. The summed E-state index contributed by atoms with van der Waals surface area (Å²) < 4.78 is 5.28. The van der Waals surface area contributed by atoms with E-state index in [2.05, 4.69) is 23.7 Å². The van der Waals surface area contributed by atoms with Crippen molar-refractivity contribution < 1.29 is 4.74 Å². The molecule has 4 nitrogen and oxygen atoms in total. The number of H-pyrrole nitrogens is 1. The van der Waals surface area contributed by atoms with Crippen LogP contribution in [0, 0.1) is 0 Å². The van der Waals surface area contributed by atoms with Gasteiger partial charge in [0.15, 0.2) is 0 Å². The van der Waals surface area contributed by atoms with E-state index in [0.29, 0.717) is 0 Å². The fraction of sp³-hybridized carbons (Fsp3) is 0.471. The van der Waals surface area contributed by atoms with Crippen molar-refractivity contribution in [2.45, 2.75) is 33.2 Å². The van der Waals surface area contributed by atoms with Crippen LogP contribution in [0.1, 0.15) is 31.6 Å². The van der Waals surface area contributed by atoms with Gasteiger partial charge in [0.25, 0.3) is 0 Å². The quantitative estimate of drug-likeness (QED) is 0.806. The number of nitrogens with zero attached hydrogens (tertiary/aromatic N) is 1. The summed E-state index contributed by atoms with van der Waals surface area (Å²) in [5, 5.41) is 0. The third-order valence-corrected chi connectivity index (χ3v) is 4.39. The van der Waals surface area contributed by atoms with E-state index in [0.717, 1.165) is 54.4 Å². The minimum absolute atomic E-state index is 0.000710. The average Bonchev–Trinajstić information content (AvgIpc) is 2.88. The van der Waals surface area contributed by atoms with Gasteiger partial charge in [0, 0.05) is 17.0 Å². The van der Waals surface area contributed by atoms with Crippen LogP contribution in [0.4, 0.5) is 0 Å². The third-order valence-electron chi connectivity index (χ3n) is 3.53. The van der Waals surface area contributed by atoms with Crippen LogP contribution >= 0.6 is 11.3 Å². The zero-order chi connectivity index (χ0) is 15.9. The molecular weight excluding hydrogens is 296 g/mol. The number of hydrogen-bond donors (Lipinski definition) is 1. The van der Waals surface area contributed by atoms with E-state index in [9.17, 15) is 4.79 Å². The topological polar surface area (TPSA) is 45.3 Å². The van der Waals surface area contributed by atoms with Crippen LogP contribution in [0.25, 0.3) is 11.3 Å². The lowest BCUT2D eigenvalue weighted by molar-refractivity contribution is 0.269. The zero-order valence-electron chi connectivity index (χ0n) is 13.5. The van der Waals surface area contributed by atoms with Gasteiger partial charge in [-0.15, -0.1) is 0 Å². The smallest absolute Gasteiger partial charge is 0.305 e. The lowest BCUT2D eigenvalue weighted by Gasteiger charge is -2.20. The third kappa shape index (κ3) is 4.21. The van der Waals surface area contributed by atoms with Crippen molar-refractivity contribution in [1.82, 2.24) is 9.88 Å². The summed E-state index contributed by atoms with van der Waals surface area (Å²) in [6, 6.07) is 7.83. The van der Waals surface area contributed by atoms with Gasteiger partial charge >= 0.3 is 4.87 Å². The first kappa shape index (κ1) is 16.8. The highest BCUT2D eigenvalue weighted by atomic mass is 32.1. The number of hydrogen-bond acceptors (Lipinski definition) is 4. The van der Waals surface area contributed by atoms with Gasteiger partial charge in [0.05, 0.1) is 12.8 Å². The molecule has 120 valence electrons. The molecule has 5 heteroatoms. The van der Waals surface area contributed by atoms with Crippen molar-refractivity contribution in [3.8, 4) is 17.0 Å². The van der Waals surface area contributed by atoms with E-state index in [-0.39, 0.29) is 4.87 Å². The maximum Gasteiger partial charge on any atom is 0.305 e. The molecule has 0 aliphatic heterocycles. The lowest BCUT2D eigenvalue weighted by atomic mass is 10.1. The SMILES string of the molecule is CCCN(CCC)Cc1sc(=O)[nH]c1-c1cccc(OC)c1. The van der Waals surface area contributed by atoms with Crippen molar-refractivity contribution in [3.63, 3.8) is 0 Å². The van der Waals surface area contributed by atoms with Crippen LogP contribution in [0.2, 0.25) is 0 Å². The summed E-state index contributed by atoms with van der Waals surface area (Å²) in [6.45, 7) is 7.29. The van der Waals surface area contributed by atoms with Gasteiger partial charge in [0.2, 0.25) is 0 Å². The number of nitrogens with one attached hydrogen (secondary N) is 1. The molecule has 1 heterocycles. The number of rotatable bonds is 8. The van der Waals surface area contributed by atoms with Gasteiger partial charge in [-0.1, -0.05) is 37.3 Å². The molecule has 0 bridgehead atoms. The van der Waals surface area contributed by atoms with Crippen molar-refractivity contribution in [2.24, 2.45) is 0 Å². The minimum Gasteiger partial charge on any atom is -0.497 e. The number of benzene rings is 1. The van der Waals surface area contributed by atoms with E-state index in [1.807, 2.05) is 24.3 Å². The fourth-order valence-electron chi connectivity index (χ4n) is 2.59. The molecule has 0 saturated carbocycles. The summed E-state index contributed by atoms with van der Waals surface area (Å²) in [4.78, 5) is 18.3. The number of methoxy groups -OCH3 is 1. The molecular formula is C17H24N2O2S. The molecule has 2 aromatic rings. The molecule has 0 aliphatic rings. The van der Waals surface area contributed by atoms with Crippen molar-refractivity contribution in [2.75, 3.05) is 20.2 Å². The number of thiazole rings is 1. The first-order chi connectivity index (χ1) is 10.7. The van der Waals surface area contributed by atoms with Gasteiger partial charge in [-0.25, -0.2) is 0 Å². The van der Waals surface area contributed by atoms with Crippen molar-refractivity contribution in [1.29, 1.82) is 0 Å². The lowest BCUT2D eigenvalue weighted by Crippen LogP contribution is -2.24. The minimum atomic E-state index is 0.000710. The standard InChI is InChI=1S/C17H24N2O2S/c1-4-9-19(10-5-2)12-15-16(18-17(20)22-15)13-7-6-8-14(11-13)21-3/h6-8,11H,4-5,9-10,12H2,1-3H3,(H,18,20). The molecule has 0 radical (unpaired) electrons. The molecule has 0 aliphatic carbocycles. The Hall–Kier alpha value is -1.59.